The molecule has 1 aliphatic carbocycles. The van der Waals surface area contributed by atoms with Crippen molar-refractivity contribution in [3.63, 3.8) is 0 Å². The zero-order valence-corrected chi connectivity index (χ0v) is 25.2. The zero-order chi connectivity index (χ0) is 32.1. The van der Waals surface area contributed by atoms with Gasteiger partial charge in [-0.3, -0.25) is 9.52 Å². The number of anilines is 2. The molecular formula is C30H31ClF3N5O4S. The highest BCUT2D eigenvalue weighted by Gasteiger charge is 2.35. The molecule has 0 saturated heterocycles. The monoisotopic (exact) mass is 649 g/mol. The Labute approximate surface area is 257 Å². The quantitative estimate of drug-likeness (QED) is 0.161. The number of nitrogens with one attached hydrogen (secondary N) is 2. The van der Waals surface area contributed by atoms with Crippen molar-refractivity contribution >= 4 is 50.6 Å². The number of alkyl halides is 3. The number of benzene rings is 3. The SMILES string of the molecule is CCc1cc(-c2ccc(NS(=O)(=O)c3ccccc3Cl)cc2C(F)(F)F)cc2cnc(NC3CCC(N)CC3)nc12.O=CO. The van der Waals surface area contributed by atoms with Crippen molar-refractivity contribution in [1.29, 1.82) is 0 Å². The maximum absolute atomic E-state index is 14.3. The lowest BCUT2D eigenvalue weighted by Gasteiger charge is -2.26. The van der Waals surface area contributed by atoms with Gasteiger partial charge in [0.05, 0.1) is 16.1 Å². The Morgan fingerprint density at radius 3 is 2.41 bits per heavy atom. The summed E-state index contributed by atoms with van der Waals surface area (Å²) in [5, 5.41) is 10.8. The van der Waals surface area contributed by atoms with E-state index in [9.17, 15) is 21.6 Å². The number of nitrogens with two attached hydrogens (primary N) is 1. The van der Waals surface area contributed by atoms with Crippen LogP contribution in [-0.4, -0.2) is 42.0 Å². The molecule has 0 unspecified atom stereocenters. The van der Waals surface area contributed by atoms with Crippen molar-refractivity contribution in [2.24, 2.45) is 5.73 Å². The van der Waals surface area contributed by atoms with Gasteiger partial charge in [-0.25, -0.2) is 18.4 Å². The van der Waals surface area contributed by atoms with Crippen molar-refractivity contribution in [3.8, 4) is 11.1 Å². The molecule has 234 valence electrons. The first-order valence-electron chi connectivity index (χ1n) is 13.7. The molecule has 0 amide bonds. The predicted molar refractivity (Wildman–Crippen MR) is 164 cm³/mol. The zero-order valence-electron chi connectivity index (χ0n) is 23.6. The van der Waals surface area contributed by atoms with Crippen molar-refractivity contribution in [2.45, 2.75) is 62.2 Å². The van der Waals surface area contributed by atoms with E-state index in [-0.39, 0.29) is 39.7 Å². The largest absolute Gasteiger partial charge is 0.483 e. The molecule has 1 aliphatic rings. The van der Waals surface area contributed by atoms with Crippen LogP contribution in [-0.2, 0) is 27.4 Å². The Balaban J connectivity index is 0.00000141. The molecule has 5 rings (SSSR count). The van der Waals surface area contributed by atoms with E-state index in [1.807, 2.05) is 6.92 Å². The van der Waals surface area contributed by atoms with Crippen LogP contribution in [0.2, 0.25) is 5.02 Å². The Bertz CT molecular complexity index is 1750. The smallest absolute Gasteiger partial charge is 0.417 e. The second-order valence-electron chi connectivity index (χ2n) is 10.3. The summed E-state index contributed by atoms with van der Waals surface area (Å²) in [6.45, 7) is 1.66. The normalized spacial score (nSPS) is 17.0. The van der Waals surface area contributed by atoms with Gasteiger partial charge in [0, 0.05) is 29.4 Å². The fraction of sp³-hybridized carbons (Fsp3) is 0.300. The Morgan fingerprint density at radius 1 is 1.09 bits per heavy atom. The van der Waals surface area contributed by atoms with Crippen LogP contribution in [0.5, 0.6) is 0 Å². The van der Waals surface area contributed by atoms with E-state index in [2.05, 4.69) is 15.0 Å². The van der Waals surface area contributed by atoms with Gasteiger partial charge in [0.1, 0.15) is 4.90 Å². The van der Waals surface area contributed by atoms with Crippen molar-refractivity contribution in [1.82, 2.24) is 9.97 Å². The van der Waals surface area contributed by atoms with E-state index in [1.165, 1.54) is 30.3 Å². The molecule has 1 heterocycles. The molecule has 1 saturated carbocycles. The summed E-state index contributed by atoms with van der Waals surface area (Å²) in [5.41, 5.74) is 6.46. The lowest BCUT2D eigenvalue weighted by molar-refractivity contribution is -0.137. The molecular weight excluding hydrogens is 619 g/mol. The van der Waals surface area contributed by atoms with Gasteiger partial charge >= 0.3 is 6.18 Å². The summed E-state index contributed by atoms with van der Waals surface area (Å²) < 4.78 is 70.8. The van der Waals surface area contributed by atoms with Crippen LogP contribution in [0, 0.1) is 0 Å². The van der Waals surface area contributed by atoms with E-state index >= 15 is 0 Å². The first-order chi connectivity index (χ1) is 20.9. The fourth-order valence-corrected chi connectivity index (χ4v) is 6.70. The number of sulfonamides is 1. The number of rotatable bonds is 7. The minimum Gasteiger partial charge on any atom is -0.483 e. The van der Waals surface area contributed by atoms with Gasteiger partial charge in [-0.05, 0) is 85.2 Å². The van der Waals surface area contributed by atoms with Gasteiger partial charge < -0.3 is 16.2 Å². The van der Waals surface area contributed by atoms with Crippen LogP contribution in [0.3, 0.4) is 0 Å². The van der Waals surface area contributed by atoms with Crippen LogP contribution in [0.4, 0.5) is 24.8 Å². The second kappa shape index (κ2) is 13.8. The van der Waals surface area contributed by atoms with Gasteiger partial charge in [0.15, 0.2) is 0 Å². The molecule has 9 nitrogen and oxygen atoms in total. The summed E-state index contributed by atoms with van der Waals surface area (Å²) in [4.78, 5) is 17.2. The molecule has 0 atom stereocenters. The van der Waals surface area contributed by atoms with Crippen molar-refractivity contribution < 1.29 is 31.5 Å². The number of carboxylic acid groups (broad SMARTS) is 1. The number of hydrogen-bond acceptors (Lipinski definition) is 7. The number of halogens is 4. The Morgan fingerprint density at radius 2 is 1.77 bits per heavy atom. The summed E-state index contributed by atoms with van der Waals surface area (Å²) in [7, 11) is -4.22. The number of carbonyl (C=O) groups is 1. The lowest BCUT2D eigenvalue weighted by atomic mass is 9.92. The van der Waals surface area contributed by atoms with Gasteiger partial charge in [-0.15, -0.1) is 0 Å². The van der Waals surface area contributed by atoms with E-state index in [4.69, 9.17) is 32.2 Å². The number of aromatic nitrogens is 2. The van der Waals surface area contributed by atoms with Gasteiger partial charge in [0.2, 0.25) is 5.95 Å². The molecule has 1 aromatic heterocycles. The number of aryl methyl sites for hydroxylation is 1. The molecule has 1 fully saturated rings. The summed E-state index contributed by atoms with van der Waals surface area (Å²) in [5.74, 6) is 0.478. The number of hydrogen-bond donors (Lipinski definition) is 4. The lowest BCUT2D eigenvalue weighted by Crippen LogP contribution is -2.33. The molecule has 3 aromatic carbocycles. The van der Waals surface area contributed by atoms with Gasteiger partial charge in [-0.2, -0.15) is 13.2 Å². The van der Waals surface area contributed by atoms with Crippen LogP contribution >= 0.6 is 11.6 Å². The summed E-state index contributed by atoms with van der Waals surface area (Å²) >= 11 is 6.01. The second-order valence-corrected chi connectivity index (χ2v) is 12.3. The average Bonchev–Trinajstić information content (AvgIpc) is 2.97. The molecule has 14 heteroatoms. The fourth-order valence-electron chi connectivity index (χ4n) is 5.13. The highest BCUT2D eigenvalue weighted by molar-refractivity contribution is 7.92. The predicted octanol–water partition coefficient (Wildman–Crippen LogP) is 6.71. The van der Waals surface area contributed by atoms with E-state index < -0.39 is 21.8 Å². The van der Waals surface area contributed by atoms with E-state index in [0.29, 0.717) is 28.8 Å². The maximum Gasteiger partial charge on any atom is 0.417 e. The van der Waals surface area contributed by atoms with Crippen LogP contribution in [0.25, 0.3) is 22.0 Å². The highest BCUT2D eigenvalue weighted by Crippen LogP contribution is 2.40. The van der Waals surface area contributed by atoms with E-state index in [1.54, 1.807) is 24.4 Å². The van der Waals surface area contributed by atoms with Gasteiger partial charge in [0.25, 0.3) is 16.5 Å². The molecule has 5 N–H and O–H groups in total. The third kappa shape index (κ3) is 7.76. The van der Waals surface area contributed by atoms with E-state index in [0.717, 1.165) is 37.3 Å². The summed E-state index contributed by atoms with van der Waals surface area (Å²) in [6, 6.07) is 12.8. The third-order valence-electron chi connectivity index (χ3n) is 7.26. The maximum atomic E-state index is 14.3. The molecule has 0 spiro atoms. The Hall–Kier alpha value is -3.94. The van der Waals surface area contributed by atoms with Crippen molar-refractivity contribution in [2.75, 3.05) is 10.0 Å². The van der Waals surface area contributed by atoms with Gasteiger partial charge in [-0.1, -0.05) is 36.7 Å². The topological polar surface area (TPSA) is 147 Å². The molecule has 0 aliphatic heterocycles. The molecule has 0 bridgehead atoms. The Kier molecular flexibility index (Phi) is 10.3. The standard InChI is InChI=1S/C29H29ClF3N5O2S.CH2O2/c1-2-17-13-18(14-19-16-35-28(37-27(17)19)36-21-9-7-20(34)8-10-21)23-12-11-22(15-24(23)29(31,32)33)38-41(39,40)26-6-4-3-5-25(26)30;2-1-3/h3-6,11-16,20-21,38H,2,7-10,34H2,1H3,(H,35,36,37);1H,(H,2,3). The van der Waals surface area contributed by atoms with Crippen molar-refractivity contribution in [3.05, 3.63) is 76.9 Å². The number of fused-ring (bicyclic) bond motifs is 1. The van der Waals surface area contributed by atoms with Crippen LogP contribution in [0.1, 0.15) is 43.7 Å². The minimum atomic E-state index is -4.75. The van der Waals surface area contributed by atoms with Crippen LogP contribution < -0.4 is 15.8 Å². The first-order valence-corrected chi connectivity index (χ1v) is 15.6. The summed E-state index contributed by atoms with van der Waals surface area (Å²) in [6.07, 6.45) is 1.10. The first kappa shape index (κ1) is 33.0. The minimum absolute atomic E-state index is 0.0422. The van der Waals surface area contributed by atoms with Crippen LogP contribution in [0.15, 0.2) is 65.7 Å². The number of nitrogens with zero attached hydrogens (tertiary/aromatic N) is 2. The highest BCUT2D eigenvalue weighted by atomic mass is 35.5. The molecule has 44 heavy (non-hydrogen) atoms. The molecule has 4 aromatic rings. The third-order valence-corrected chi connectivity index (χ3v) is 9.14. The average molecular weight is 650 g/mol. The molecule has 0 radical (unpaired) electrons.